The molecule has 9 nitrogen and oxygen atoms in total. The topological polar surface area (TPSA) is 136 Å². The van der Waals surface area contributed by atoms with E-state index in [1.54, 1.807) is 20.0 Å². The number of ether oxygens (including phenoxy) is 3. The Morgan fingerprint density at radius 2 is 1.96 bits per heavy atom. The first-order chi connectivity index (χ1) is 13.4. The number of hydrogen-bond donors (Lipinski definition) is 2. The number of aryl methyl sites for hydroxylation is 1. The predicted octanol–water partition coefficient (Wildman–Crippen LogP) is 2.48. The average Bonchev–Trinajstić information content (AvgIpc) is 3.01. The summed E-state index contributed by atoms with van der Waals surface area (Å²) < 4.78 is 21.9. The second-order valence-electron chi connectivity index (χ2n) is 6.07. The molecule has 0 bridgehead atoms. The normalized spacial score (nSPS) is 10.9. The van der Waals surface area contributed by atoms with Crippen LogP contribution in [0.5, 0.6) is 11.5 Å². The maximum atomic E-state index is 12.3. The zero-order chi connectivity index (χ0) is 20.4. The fourth-order valence-electron chi connectivity index (χ4n) is 3.12. The summed E-state index contributed by atoms with van der Waals surface area (Å²) in [4.78, 5) is 20.3. The summed E-state index contributed by atoms with van der Waals surface area (Å²) in [7, 11) is 3.03. The second-order valence-corrected chi connectivity index (χ2v) is 6.07. The molecule has 148 valence electrons. The highest BCUT2D eigenvalue weighted by Gasteiger charge is 2.26. The number of carbonyl (C=O) groups is 1. The van der Waals surface area contributed by atoms with Crippen molar-refractivity contribution in [1.82, 2.24) is 9.97 Å². The van der Waals surface area contributed by atoms with Crippen molar-refractivity contribution in [2.24, 2.45) is 0 Å². The minimum atomic E-state index is -0.543. The molecule has 0 fully saturated rings. The first kappa shape index (κ1) is 19.3. The van der Waals surface area contributed by atoms with Crippen molar-refractivity contribution in [2.75, 3.05) is 32.3 Å². The standard InChI is InChI=1S/C19H22N4O5/c1-5-27-18(24)14-9(2)13-10(6-11-8-22-19(21)23-17(11)20)7-12(25-3)15(26-4)16(13)28-14/h7-8H,5-6H2,1-4H3,(H4,20,21,22,23). The lowest BCUT2D eigenvalue weighted by Crippen LogP contribution is -2.05. The number of aromatic nitrogens is 2. The molecule has 0 spiro atoms. The van der Waals surface area contributed by atoms with Crippen molar-refractivity contribution < 1.29 is 23.4 Å². The molecular formula is C19H22N4O5. The Kier molecular flexibility index (Phi) is 5.25. The molecule has 0 atom stereocenters. The summed E-state index contributed by atoms with van der Waals surface area (Å²) in [5, 5.41) is 0.719. The SMILES string of the molecule is CCOC(=O)c1oc2c(OC)c(OC)cc(Cc3cnc(N)nc3N)c2c1C. The Bertz CT molecular complexity index is 1040. The molecule has 0 radical (unpaired) electrons. The molecule has 2 heterocycles. The number of rotatable bonds is 6. The number of nitrogens with zero attached hydrogens (tertiary/aromatic N) is 2. The van der Waals surface area contributed by atoms with E-state index in [9.17, 15) is 4.79 Å². The van der Waals surface area contributed by atoms with Gasteiger partial charge >= 0.3 is 5.97 Å². The van der Waals surface area contributed by atoms with E-state index in [4.69, 9.17) is 30.1 Å². The van der Waals surface area contributed by atoms with Gasteiger partial charge in [0, 0.05) is 29.1 Å². The third-order valence-electron chi connectivity index (χ3n) is 4.39. The van der Waals surface area contributed by atoms with Crippen LogP contribution in [0, 0.1) is 6.92 Å². The van der Waals surface area contributed by atoms with E-state index in [-0.39, 0.29) is 24.1 Å². The van der Waals surface area contributed by atoms with E-state index in [2.05, 4.69) is 9.97 Å². The molecule has 0 unspecified atom stereocenters. The first-order valence-corrected chi connectivity index (χ1v) is 8.62. The summed E-state index contributed by atoms with van der Waals surface area (Å²) in [6.45, 7) is 3.76. The van der Waals surface area contributed by atoms with Crippen LogP contribution in [0.25, 0.3) is 11.0 Å². The molecule has 0 aliphatic carbocycles. The van der Waals surface area contributed by atoms with Gasteiger partial charge in [-0.25, -0.2) is 9.78 Å². The highest BCUT2D eigenvalue weighted by molar-refractivity contribution is 6.00. The highest BCUT2D eigenvalue weighted by atomic mass is 16.5. The maximum absolute atomic E-state index is 12.3. The zero-order valence-electron chi connectivity index (χ0n) is 16.2. The van der Waals surface area contributed by atoms with Gasteiger partial charge < -0.3 is 30.1 Å². The van der Waals surface area contributed by atoms with Gasteiger partial charge in [-0.05, 0) is 25.5 Å². The largest absolute Gasteiger partial charge is 0.493 e. The second kappa shape index (κ2) is 7.63. The van der Waals surface area contributed by atoms with Crippen molar-refractivity contribution in [2.45, 2.75) is 20.3 Å². The van der Waals surface area contributed by atoms with E-state index in [0.717, 1.165) is 10.9 Å². The Morgan fingerprint density at radius 1 is 1.21 bits per heavy atom. The summed E-state index contributed by atoms with van der Waals surface area (Å²) in [5.41, 5.74) is 14.1. The number of hydrogen-bond acceptors (Lipinski definition) is 9. The molecule has 2 aromatic heterocycles. The van der Waals surface area contributed by atoms with Crippen LogP contribution < -0.4 is 20.9 Å². The number of esters is 1. The number of benzene rings is 1. The van der Waals surface area contributed by atoms with Crippen molar-refractivity contribution in [3.63, 3.8) is 0 Å². The van der Waals surface area contributed by atoms with E-state index < -0.39 is 5.97 Å². The Labute approximate surface area is 161 Å². The molecule has 0 aliphatic rings. The minimum Gasteiger partial charge on any atom is -0.493 e. The number of fused-ring (bicyclic) bond motifs is 1. The molecule has 4 N–H and O–H groups in total. The first-order valence-electron chi connectivity index (χ1n) is 8.62. The van der Waals surface area contributed by atoms with Gasteiger partial charge in [0.2, 0.25) is 17.5 Å². The maximum Gasteiger partial charge on any atom is 0.374 e. The number of methoxy groups -OCH3 is 2. The van der Waals surface area contributed by atoms with Crippen LogP contribution in [-0.4, -0.2) is 36.8 Å². The van der Waals surface area contributed by atoms with Crippen molar-refractivity contribution in [1.29, 1.82) is 0 Å². The Hall–Kier alpha value is -3.49. The molecule has 3 aromatic rings. The third kappa shape index (κ3) is 3.26. The van der Waals surface area contributed by atoms with Crippen LogP contribution in [-0.2, 0) is 11.2 Å². The van der Waals surface area contributed by atoms with E-state index in [1.165, 1.54) is 14.2 Å². The molecule has 0 amide bonds. The lowest BCUT2D eigenvalue weighted by atomic mass is 9.99. The fourth-order valence-corrected chi connectivity index (χ4v) is 3.12. The molecule has 0 saturated heterocycles. The Balaban J connectivity index is 2.24. The Morgan fingerprint density at radius 3 is 2.57 bits per heavy atom. The van der Waals surface area contributed by atoms with E-state index >= 15 is 0 Å². The number of nitrogen functional groups attached to an aromatic ring is 2. The fraction of sp³-hybridized carbons (Fsp3) is 0.316. The highest BCUT2D eigenvalue weighted by Crippen LogP contribution is 2.42. The van der Waals surface area contributed by atoms with Gasteiger partial charge in [-0.2, -0.15) is 4.98 Å². The van der Waals surface area contributed by atoms with Gasteiger partial charge in [-0.1, -0.05) is 0 Å². The lowest BCUT2D eigenvalue weighted by molar-refractivity contribution is 0.0491. The van der Waals surface area contributed by atoms with E-state index in [0.29, 0.717) is 34.6 Å². The van der Waals surface area contributed by atoms with Gasteiger partial charge in [0.05, 0.1) is 20.8 Å². The molecule has 3 rings (SSSR count). The van der Waals surface area contributed by atoms with Crippen molar-refractivity contribution in [3.8, 4) is 11.5 Å². The van der Waals surface area contributed by atoms with Crippen molar-refractivity contribution >= 4 is 28.7 Å². The van der Waals surface area contributed by atoms with Crippen LogP contribution in [0.3, 0.4) is 0 Å². The molecule has 1 aromatic carbocycles. The van der Waals surface area contributed by atoms with Crippen LogP contribution in [0.15, 0.2) is 16.7 Å². The predicted molar refractivity (Wildman–Crippen MR) is 104 cm³/mol. The molecule has 0 saturated carbocycles. The summed E-state index contributed by atoms with van der Waals surface area (Å²) in [6.07, 6.45) is 1.95. The van der Waals surface area contributed by atoms with E-state index in [1.807, 2.05) is 6.07 Å². The number of carbonyl (C=O) groups excluding carboxylic acids is 1. The summed E-state index contributed by atoms with van der Waals surface area (Å²) >= 11 is 0. The average molecular weight is 386 g/mol. The number of anilines is 2. The van der Waals surface area contributed by atoms with Crippen molar-refractivity contribution in [3.05, 3.63) is 34.7 Å². The molecule has 0 aliphatic heterocycles. The van der Waals surface area contributed by atoms with Gasteiger partial charge in [0.15, 0.2) is 11.3 Å². The molecular weight excluding hydrogens is 364 g/mol. The van der Waals surface area contributed by atoms with Gasteiger partial charge in [0.1, 0.15) is 5.82 Å². The van der Waals surface area contributed by atoms with Gasteiger partial charge in [0.25, 0.3) is 0 Å². The third-order valence-corrected chi connectivity index (χ3v) is 4.39. The smallest absolute Gasteiger partial charge is 0.374 e. The van der Waals surface area contributed by atoms with Crippen LogP contribution >= 0.6 is 0 Å². The van der Waals surface area contributed by atoms with Crippen LogP contribution in [0.1, 0.15) is 34.2 Å². The molecule has 28 heavy (non-hydrogen) atoms. The quantitative estimate of drug-likeness (QED) is 0.612. The van der Waals surface area contributed by atoms with Crippen LogP contribution in [0.4, 0.5) is 11.8 Å². The summed E-state index contributed by atoms with van der Waals surface area (Å²) in [5.74, 6) is 0.806. The molecule has 9 heteroatoms. The zero-order valence-corrected chi connectivity index (χ0v) is 16.2. The number of nitrogens with two attached hydrogens (primary N) is 2. The van der Waals surface area contributed by atoms with Gasteiger partial charge in [-0.15, -0.1) is 0 Å². The number of furan rings is 1. The summed E-state index contributed by atoms with van der Waals surface area (Å²) in [6, 6.07) is 1.81. The van der Waals surface area contributed by atoms with Gasteiger partial charge in [-0.3, -0.25) is 0 Å². The monoisotopic (exact) mass is 386 g/mol. The minimum absolute atomic E-state index is 0.0998. The lowest BCUT2D eigenvalue weighted by Gasteiger charge is -2.12. The van der Waals surface area contributed by atoms with Crippen LogP contribution in [0.2, 0.25) is 0 Å².